The largest absolute Gasteiger partial charge is 0.341 e. The third-order valence-electron chi connectivity index (χ3n) is 4.09. The molecule has 1 saturated heterocycles. The van der Waals surface area contributed by atoms with Gasteiger partial charge in [-0.2, -0.15) is 0 Å². The van der Waals surface area contributed by atoms with E-state index in [2.05, 4.69) is 5.32 Å². The number of fused-ring (bicyclic) bond motifs is 1. The van der Waals surface area contributed by atoms with Crippen molar-refractivity contribution in [3.05, 3.63) is 40.2 Å². The average molecular weight is 363 g/mol. The molecule has 4 nitrogen and oxygen atoms in total. The van der Waals surface area contributed by atoms with Gasteiger partial charge in [0, 0.05) is 34.1 Å². The zero-order chi connectivity index (χ0) is 17.1. The maximum absolute atomic E-state index is 12.2. The number of carbonyl (C=O) groups is 2. The standard InChI is InChI=1S/C18H19ClN2O2S/c1-12(18(23)21-10-4-5-11-21)20-16(22)9-8-15-17(19)13-6-2-3-7-14(13)24-15/h2-3,6-9,12H,4-5,10-11H2,1H3,(H,20,22)/b9-8+. The lowest BCUT2D eigenvalue weighted by molar-refractivity contribution is -0.134. The molecule has 0 aliphatic carbocycles. The molecule has 126 valence electrons. The van der Waals surface area contributed by atoms with Crippen LogP contribution in [0.5, 0.6) is 0 Å². The topological polar surface area (TPSA) is 49.4 Å². The van der Waals surface area contributed by atoms with E-state index in [1.165, 1.54) is 17.4 Å². The van der Waals surface area contributed by atoms with Crippen molar-refractivity contribution < 1.29 is 9.59 Å². The zero-order valence-electron chi connectivity index (χ0n) is 13.4. The summed E-state index contributed by atoms with van der Waals surface area (Å²) in [5.41, 5.74) is 0. The van der Waals surface area contributed by atoms with Crippen LogP contribution in [0.25, 0.3) is 16.2 Å². The van der Waals surface area contributed by atoms with E-state index in [9.17, 15) is 9.59 Å². The van der Waals surface area contributed by atoms with E-state index in [4.69, 9.17) is 11.6 Å². The van der Waals surface area contributed by atoms with Crippen molar-refractivity contribution in [3.8, 4) is 0 Å². The quantitative estimate of drug-likeness (QED) is 0.843. The van der Waals surface area contributed by atoms with Crippen LogP contribution in [0, 0.1) is 0 Å². The molecular weight excluding hydrogens is 344 g/mol. The van der Waals surface area contributed by atoms with Crippen molar-refractivity contribution in [2.75, 3.05) is 13.1 Å². The highest BCUT2D eigenvalue weighted by atomic mass is 35.5. The van der Waals surface area contributed by atoms with E-state index in [0.29, 0.717) is 5.02 Å². The summed E-state index contributed by atoms with van der Waals surface area (Å²) < 4.78 is 1.08. The van der Waals surface area contributed by atoms with E-state index in [-0.39, 0.29) is 11.8 Å². The molecule has 1 N–H and O–H groups in total. The van der Waals surface area contributed by atoms with E-state index in [1.807, 2.05) is 24.3 Å². The Hall–Kier alpha value is -1.85. The molecule has 3 rings (SSSR count). The fraction of sp³-hybridized carbons (Fsp3) is 0.333. The minimum Gasteiger partial charge on any atom is -0.341 e. The second-order valence-corrected chi connectivity index (χ2v) is 7.33. The first kappa shape index (κ1) is 17.0. The third-order valence-corrected chi connectivity index (χ3v) is 5.75. The van der Waals surface area contributed by atoms with Gasteiger partial charge in [-0.05, 0) is 31.9 Å². The lowest BCUT2D eigenvalue weighted by atomic mass is 10.2. The predicted octanol–water partition coefficient (Wildman–Crippen LogP) is 3.70. The van der Waals surface area contributed by atoms with Crippen LogP contribution in [0.3, 0.4) is 0 Å². The van der Waals surface area contributed by atoms with E-state index in [1.54, 1.807) is 17.9 Å². The van der Waals surface area contributed by atoms with Crippen molar-refractivity contribution in [3.63, 3.8) is 0 Å². The molecule has 2 aromatic rings. The summed E-state index contributed by atoms with van der Waals surface area (Å²) >= 11 is 7.89. The minimum atomic E-state index is -0.516. The van der Waals surface area contributed by atoms with Crippen LogP contribution in [0.1, 0.15) is 24.6 Å². The maximum Gasteiger partial charge on any atom is 0.244 e. The summed E-state index contributed by atoms with van der Waals surface area (Å²) in [5, 5.41) is 4.37. The van der Waals surface area contributed by atoms with Gasteiger partial charge in [0.15, 0.2) is 0 Å². The molecule has 1 fully saturated rings. The highest BCUT2D eigenvalue weighted by molar-refractivity contribution is 7.20. The normalized spacial score (nSPS) is 16.0. The zero-order valence-corrected chi connectivity index (χ0v) is 15.0. The maximum atomic E-state index is 12.2. The van der Waals surface area contributed by atoms with Gasteiger partial charge in [-0.25, -0.2) is 0 Å². The SMILES string of the molecule is CC(NC(=O)/C=C/c1sc2ccccc2c1Cl)C(=O)N1CCCC1. The van der Waals surface area contributed by atoms with Crippen molar-refractivity contribution in [1.29, 1.82) is 0 Å². The molecule has 0 saturated carbocycles. The van der Waals surface area contributed by atoms with Gasteiger partial charge in [-0.1, -0.05) is 29.8 Å². The molecule has 2 heterocycles. The van der Waals surface area contributed by atoms with Gasteiger partial charge in [0.2, 0.25) is 11.8 Å². The second kappa shape index (κ2) is 7.36. The second-order valence-electron chi connectivity index (χ2n) is 5.87. The molecule has 1 unspecified atom stereocenters. The first-order chi connectivity index (χ1) is 11.6. The molecule has 1 aliphatic rings. The van der Waals surface area contributed by atoms with Crippen molar-refractivity contribution in [2.45, 2.75) is 25.8 Å². The molecule has 0 radical (unpaired) electrons. The highest BCUT2D eigenvalue weighted by Gasteiger charge is 2.23. The molecule has 1 aliphatic heterocycles. The fourth-order valence-corrected chi connectivity index (χ4v) is 4.22. The molecule has 24 heavy (non-hydrogen) atoms. The summed E-state index contributed by atoms with van der Waals surface area (Å²) in [7, 11) is 0. The number of thiophene rings is 1. The Kier molecular flexibility index (Phi) is 5.21. The smallest absolute Gasteiger partial charge is 0.244 e. The van der Waals surface area contributed by atoms with Crippen LogP contribution in [0.4, 0.5) is 0 Å². The van der Waals surface area contributed by atoms with Crippen LogP contribution < -0.4 is 5.32 Å². The number of amides is 2. The molecule has 6 heteroatoms. The number of hydrogen-bond acceptors (Lipinski definition) is 3. The Labute approximate surface area is 150 Å². The number of nitrogens with one attached hydrogen (secondary N) is 1. The lowest BCUT2D eigenvalue weighted by Gasteiger charge is -2.20. The number of benzene rings is 1. The number of likely N-dealkylation sites (tertiary alicyclic amines) is 1. The molecule has 1 aromatic carbocycles. The molecule has 1 atom stereocenters. The number of halogens is 1. The number of rotatable bonds is 4. The summed E-state index contributed by atoms with van der Waals surface area (Å²) in [6.07, 6.45) is 5.22. The first-order valence-electron chi connectivity index (χ1n) is 8.00. The van der Waals surface area contributed by atoms with E-state index >= 15 is 0 Å². The molecule has 0 bridgehead atoms. The average Bonchev–Trinajstić information content (AvgIpc) is 3.21. The monoisotopic (exact) mass is 362 g/mol. The number of hydrogen-bond donors (Lipinski definition) is 1. The van der Waals surface area contributed by atoms with Gasteiger partial charge < -0.3 is 10.2 Å². The van der Waals surface area contributed by atoms with Crippen molar-refractivity contribution in [2.24, 2.45) is 0 Å². The Morgan fingerprint density at radius 2 is 2.00 bits per heavy atom. The minimum absolute atomic E-state index is 0.0193. The third kappa shape index (κ3) is 3.62. The van der Waals surface area contributed by atoms with Gasteiger partial charge in [0.25, 0.3) is 0 Å². The van der Waals surface area contributed by atoms with E-state index < -0.39 is 6.04 Å². The Bertz CT molecular complexity index is 793. The Morgan fingerprint density at radius 3 is 2.71 bits per heavy atom. The van der Waals surface area contributed by atoms with Crippen LogP contribution in [0.2, 0.25) is 5.02 Å². The van der Waals surface area contributed by atoms with Crippen LogP contribution in [-0.2, 0) is 9.59 Å². The van der Waals surface area contributed by atoms with Gasteiger partial charge in [-0.3, -0.25) is 9.59 Å². The van der Waals surface area contributed by atoms with Crippen LogP contribution >= 0.6 is 22.9 Å². The van der Waals surface area contributed by atoms with Gasteiger partial charge in [0.1, 0.15) is 6.04 Å². The van der Waals surface area contributed by atoms with Crippen LogP contribution in [0.15, 0.2) is 30.3 Å². The van der Waals surface area contributed by atoms with Gasteiger partial charge in [0.05, 0.1) is 5.02 Å². The lowest BCUT2D eigenvalue weighted by Crippen LogP contribution is -2.45. The molecule has 1 aromatic heterocycles. The summed E-state index contributed by atoms with van der Waals surface area (Å²) in [4.78, 5) is 26.9. The van der Waals surface area contributed by atoms with E-state index in [0.717, 1.165) is 40.9 Å². The number of nitrogens with zero attached hydrogens (tertiary/aromatic N) is 1. The first-order valence-corrected chi connectivity index (χ1v) is 9.20. The van der Waals surface area contributed by atoms with Gasteiger partial charge in [-0.15, -0.1) is 11.3 Å². The van der Waals surface area contributed by atoms with Crippen molar-refractivity contribution >= 4 is 50.9 Å². The van der Waals surface area contributed by atoms with Gasteiger partial charge >= 0.3 is 0 Å². The fourth-order valence-electron chi connectivity index (χ4n) is 2.83. The molecule has 0 spiro atoms. The Morgan fingerprint density at radius 1 is 1.29 bits per heavy atom. The molecule has 2 amide bonds. The molecular formula is C18H19ClN2O2S. The van der Waals surface area contributed by atoms with Crippen molar-refractivity contribution in [1.82, 2.24) is 10.2 Å². The Balaban J connectivity index is 1.64. The summed E-state index contributed by atoms with van der Waals surface area (Å²) in [6, 6.07) is 7.34. The summed E-state index contributed by atoms with van der Waals surface area (Å²) in [5.74, 6) is -0.308. The number of carbonyl (C=O) groups excluding carboxylic acids is 2. The predicted molar refractivity (Wildman–Crippen MR) is 99.3 cm³/mol. The summed E-state index contributed by atoms with van der Waals surface area (Å²) in [6.45, 7) is 3.29. The highest BCUT2D eigenvalue weighted by Crippen LogP contribution is 2.35. The van der Waals surface area contributed by atoms with Crippen LogP contribution in [-0.4, -0.2) is 35.8 Å².